The number of rotatable bonds is 3. The number of halogens is 1. The molecule has 0 aliphatic rings. The van der Waals surface area contributed by atoms with Gasteiger partial charge in [-0.1, -0.05) is 12.1 Å². The SMILES string of the molecule is Cc1cc(C(O)c2ccc(F)cc2)c(C(=O)O)o1. The van der Waals surface area contributed by atoms with Crippen molar-refractivity contribution in [2.24, 2.45) is 0 Å². The Labute approximate surface area is 102 Å². The summed E-state index contributed by atoms with van der Waals surface area (Å²) >= 11 is 0. The Balaban J connectivity index is 2.42. The van der Waals surface area contributed by atoms with Gasteiger partial charge in [-0.3, -0.25) is 0 Å². The van der Waals surface area contributed by atoms with Crippen LogP contribution in [0.25, 0.3) is 0 Å². The van der Waals surface area contributed by atoms with Crippen LogP contribution in [-0.4, -0.2) is 16.2 Å². The summed E-state index contributed by atoms with van der Waals surface area (Å²) in [5.74, 6) is -1.58. The van der Waals surface area contributed by atoms with Crippen LogP contribution in [0.5, 0.6) is 0 Å². The van der Waals surface area contributed by atoms with E-state index in [0.717, 1.165) is 0 Å². The fourth-order valence-electron chi connectivity index (χ4n) is 1.73. The second-order valence-electron chi connectivity index (χ2n) is 3.90. The Kier molecular flexibility index (Phi) is 3.16. The quantitative estimate of drug-likeness (QED) is 0.878. The van der Waals surface area contributed by atoms with Gasteiger partial charge in [0.25, 0.3) is 0 Å². The second-order valence-corrected chi connectivity index (χ2v) is 3.90. The zero-order chi connectivity index (χ0) is 13.3. The van der Waals surface area contributed by atoms with Crippen LogP contribution in [0.3, 0.4) is 0 Å². The van der Waals surface area contributed by atoms with Crippen molar-refractivity contribution in [3.05, 3.63) is 58.8 Å². The number of hydrogen-bond acceptors (Lipinski definition) is 3. The molecule has 2 N–H and O–H groups in total. The van der Waals surface area contributed by atoms with E-state index in [1.165, 1.54) is 30.3 Å². The maximum Gasteiger partial charge on any atom is 0.372 e. The molecule has 0 spiro atoms. The van der Waals surface area contributed by atoms with Crippen LogP contribution in [0.15, 0.2) is 34.7 Å². The molecule has 94 valence electrons. The van der Waals surface area contributed by atoms with Gasteiger partial charge in [0, 0.05) is 5.56 Å². The molecule has 1 unspecified atom stereocenters. The largest absolute Gasteiger partial charge is 0.475 e. The van der Waals surface area contributed by atoms with Crippen molar-refractivity contribution in [3.8, 4) is 0 Å². The first-order chi connectivity index (χ1) is 8.49. The predicted molar refractivity (Wildman–Crippen MR) is 60.9 cm³/mol. The Morgan fingerprint density at radius 1 is 1.33 bits per heavy atom. The average molecular weight is 250 g/mol. The molecule has 0 aliphatic carbocycles. The minimum atomic E-state index is -1.25. The second kappa shape index (κ2) is 4.62. The molecule has 0 amide bonds. The molecule has 1 heterocycles. The molecule has 18 heavy (non-hydrogen) atoms. The molecule has 0 bridgehead atoms. The van der Waals surface area contributed by atoms with Gasteiger partial charge in [-0.25, -0.2) is 9.18 Å². The number of aryl methyl sites for hydroxylation is 1. The third-order valence-corrected chi connectivity index (χ3v) is 2.56. The van der Waals surface area contributed by atoms with Gasteiger partial charge in [-0.15, -0.1) is 0 Å². The van der Waals surface area contributed by atoms with Gasteiger partial charge in [-0.05, 0) is 30.7 Å². The molecule has 2 rings (SSSR count). The lowest BCUT2D eigenvalue weighted by molar-refractivity contribution is 0.0653. The molecule has 2 aromatic rings. The summed E-state index contributed by atoms with van der Waals surface area (Å²) < 4.78 is 17.8. The molecular formula is C13H11FO4. The van der Waals surface area contributed by atoms with E-state index in [4.69, 9.17) is 9.52 Å². The van der Waals surface area contributed by atoms with Crippen LogP contribution >= 0.6 is 0 Å². The Morgan fingerprint density at radius 3 is 2.50 bits per heavy atom. The van der Waals surface area contributed by atoms with Crippen molar-refractivity contribution in [1.82, 2.24) is 0 Å². The van der Waals surface area contributed by atoms with Crippen molar-refractivity contribution in [2.45, 2.75) is 13.0 Å². The highest BCUT2D eigenvalue weighted by molar-refractivity contribution is 5.86. The van der Waals surface area contributed by atoms with E-state index in [1.807, 2.05) is 0 Å². The first kappa shape index (κ1) is 12.3. The maximum atomic E-state index is 12.8. The first-order valence-electron chi connectivity index (χ1n) is 5.26. The molecule has 0 fully saturated rings. The van der Waals surface area contributed by atoms with Crippen molar-refractivity contribution >= 4 is 5.97 Å². The highest BCUT2D eigenvalue weighted by Gasteiger charge is 2.23. The van der Waals surface area contributed by atoms with Gasteiger partial charge < -0.3 is 14.6 Å². The lowest BCUT2D eigenvalue weighted by Crippen LogP contribution is -2.05. The van der Waals surface area contributed by atoms with Crippen LogP contribution in [0.2, 0.25) is 0 Å². The van der Waals surface area contributed by atoms with Crippen LogP contribution in [0.1, 0.15) is 33.5 Å². The number of furan rings is 1. The third kappa shape index (κ3) is 2.26. The van der Waals surface area contributed by atoms with Gasteiger partial charge in [0.15, 0.2) is 0 Å². The maximum absolute atomic E-state index is 12.8. The number of carboxylic acids is 1. The molecule has 5 heteroatoms. The van der Waals surface area contributed by atoms with Crippen molar-refractivity contribution in [3.63, 3.8) is 0 Å². The molecular weight excluding hydrogens is 239 g/mol. The van der Waals surface area contributed by atoms with Crippen molar-refractivity contribution in [2.75, 3.05) is 0 Å². The van der Waals surface area contributed by atoms with Crippen LogP contribution in [-0.2, 0) is 0 Å². The van der Waals surface area contributed by atoms with E-state index >= 15 is 0 Å². The van der Waals surface area contributed by atoms with Crippen LogP contribution < -0.4 is 0 Å². The number of hydrogen-bond donors (Lipinski definition) is 2. The van der Waals surface area contributed by atoms with Gasteiger partial charge in [-0.2, -0.15) is 0 Å². The van der Waals surface area contributed by atoms with E-state index in [2.05, 4.69) is 0 Å². The first-order valence-corrected chi connectivity index (χ1v) is 5.26. The molecule has 4 nitrogen and oxygen atoms in total. The summed E-state index contributed by atoms with van der Waals surface area (Å²) in [7, 11) is 0. The molecule has 0 saturated heterocycles. The average Bonchev–Trinajstić information content (AvgIpc) is 2.71. The Hall–Kier alpha value is -2.14. The summed E-state index contributed by atoms with van der Waals surface area (Å²) in [6, 6.07) is 6.65. The Morgan fingerprint density at radius 2 is 1.94 bits per heavy atom. The molecule has 0 saturated carbocycles. The zero-order valence-corrected chi connectivity index (χ0v) is 9.55. The summed E-state index contributed by atoms with van der Waals surface area (Å²) in [6.07, 6.45) is -1.16. The monoisotopic (exact) mass is 250 g/mol. The number of aromatic carboxylic acids is 1. The number of benzene rings is 1. The lowest BCUT2D eigenvalue weighted by Gasteiger charge is -2.09. The molecule has 1 aromatic heterocycles. The summed E-state index contributed by atoms with van der Waals surface area (Å²) in [5.41, 5.74) is 0.561. The number of aliphatic hydroxyl groups is 1. The predicted octanol–water partition coefficient (Wildman–Crippen LogP) is 2.51. The molecule has 1 aromatic carbocycles. The fraction of sp³-hybridized carbons (Fsp3) is 0.154. The molecule has 0 radical (unpaired) electrons. The van der Waals surface area contributed by atoms with E-state index in [1.54, 1.807) is 6.92 Å². The van der Waals surface area contributed by atoms with Crippen LogP contribution in [0, 0.1) is 12.7 Å². The number of aliphatic hydroxyl groups excluding tert-OH is 1. The van der Waals surface area contributed by atoms with E-state index in [9.17, 15) is 14.3 Å². The summed E-state index contributed by atoms with van der Waals surface area (Å²) in [4.78, 5) is 11.0. The minimum absolute atomic E-state index is 0.159. The summed E-state index contributed by atoms with van der Waals surface area (Å²) in [6.45, 7) is 1.59. The van der Waals surface area contributed by atoms with Gasteiger partial charge in [0.2, 0.25) is 5.76 Å². The molecule has 1 atom stereocenters. The minimum Gasteiger partial charge on any atom is -0.475 e. The van der Waals surface area contributed by atoms with Gasteiger partial charge in [0.1, 0.15) is 17.7 Å². The smallest absolute Gasteiger partial charge is 0.372 e. The normalized spacial score (nSPS) is 12.4. The fourth-order valence-corrected chi connectivity index (χ4v) is 1.73. The van der Waals surface area contributed by atoms with Crippen molar-refractivity contribution < 1.29 is 23.8 Å². The standard InChI is InChI=1S/C13H11FO4/c1-7-6-10(12(18-7)13(16)17)11(15)8-2-4-9(14)5-3-8/h2-6,11,15H,1H3,(H,16,17). The third-order valence-electron chi connectivity index (χ3n) is 2.56. The van der Waals surface area contributed by atoms with Gasteiger partial charge in [0.05, 0.1) is 0 Å². The van der Waals surface area contributed by atoms with E-state index < -0.39 is 17.9 Å². The number of carboxylic acid groups (broad SMARTS) is 1. The van der Waals surface area contributed by atoms with Gasteiger partial charge >= 0.3 is 5.97 Å². The zero-order valence-electron chi connectivity index (χ0n) is 9.55. The molecule has 0 aliphatic heterocycles. The van der Waals surface area contributed by atoms with E-state index in [-0.39, 0.29) is 11.3 Å². The Bertz CT molecular complexity index is 571. The summed E-state index contributed by atoms with van der Waals surface area (Å²) in [5, 5.41) is 19.0. The lowest BCUT2D eigenvalue weighted by atomic mass is 10.0. The highest BCUT2D eigenvalue weighted by Crippen LogP contribution is 2.27. The number of carbonyl (C=O) groups is 1. The van der Waals surface area contributed by atoms with Crippen molar-refractivity contribution in [1.29, 1.82) is 0 Å². The highest BCUT2D eigenvalue weighted by atomic mass is 19.1. The van der Waals surface area contributed by atoms with E-state index in [0.29, 0.717) is 11.3 Å². The van der Waals surface area contributed by atoms with Crippen LogP contribution in [0.4, 0.5) is 4.39 Å². The topological polar surface area (TPSA) is 70.7 Å².